The van der Waals surface area contributed by atoms with E-state index in [-0.39, 0.29) is 6.92 Å². The molecular formula is C19H5F31O2. The number of ether oxygens (including phenoxy) is 1. The largest absolute Gasteiger partial charge is 0.460 e. The lowest BCUT2D eigenvalue weighted by atomic mass is 9.81. The fourth-order valence-corrected chi connectivity index (χ4v) is 3.04. The van der Waals surface area contributed by atoms with E-state index in [1.165, 1.54) is 0 Å². The van der Waals surface area contributed by atoms with E-state index < -0.39 is 101 Å². The van der Waals surface area contributed by atoms with Gasteiger partial charge in [-0.25, -0.2) is 9.18 Å². The molecule has 0 aromatic carbocycles. The molecule has 0 heterocycles. The van der Waals surface area contributed by atoms with Crippen molar-refractivity contribution in [1.82, 2.24) is 0 Å². The van der Waals surface area contributed by atoms with Gasteiger partial charge in [0.25, 0.3) is 0 Å². The molecule has 0 aromatic rings. The SMILES string of the molecule is C=C(C)C(=O)OC(F)(C(F)(F)C(F)(F)C(F)(F)C(F)(F)C(F)(F)C(F)(F)C(F)(F)F)C(F)(F)C(F)(F)C(F)(F)C(F)(F)C(F)(C(F)(F)F)C(F)(F)F. The zero-order valence-electron chi connectivity index (χ0n) is 22.7. The van der Waals surface area contributed by atoms with Crippen molar-refractivity contribution in [3.63, 3.8) is 0 Å². The van der Waals surface area contributed by atoms with Crippen LogP contribution in [0.4, 0.5) is 136 Å². The fourth-order valence-electron chi connectivity index (χ4n) is 3.04. The van der Waals surface area contributed by atoms with Crippen LogP contribution < -0.4 is 0 Å². The van der Waals surface area contributed by atoms with Gasteiger partial charge in [0.05, 0.1) is 0 Å². The average Bonchev–Trinajstić information content (AvgIpc) is 2.89. The third-order valence-corrected chi connectivity index (χ3v) is 6.11. The van der Waals surface area contributed by atoms with Crippen LogP contribution in [-0.4, -0.2) is 95.2 Å². The lowest BCUT2D eigenvalue weighted by Crippen LogP contribution is -2.81. The molecule has 0 radical (unpaired) electrons. The summed E-state index contributed by atoms with van der Waals surface area (Å²) < 4.78 is 422. The summed E-state index contributed by atoms with van der Waals surface area (Å²) in [6.45, 7) is 1.57. The summed E-state index contributed by atoms with van der Waals surface area (Å²) in [5.41, 5.74) is -11.7. The van der Waals surface area contributed by atoms with Gasteiger partial charge >= 0.3 is 95.2 Å². The van der Waals surface area contributed by atoms with E-state index in [0.29, 0.717) is 0 Å². The Morgan fingerprint density at radius 1 is 0.346 bits per heavy atom. The predicted molar refractivity (Wildman–Crippen MR) is 96.2 cm³/mol. The van der Waals surface area contributed by atoms with Crippen LogP contribution in [0.2, 0.25) is 0 Å². The van der Waals surface area contributed by atoms with E-state index in [4.69, 9.17) is 0 Å². The minimum atomic E-state index is -10.0. The molecule has 0 bridgehead atoms. The Bertz CT molecular complexity index is 1350. The van der Waals surface area contributed by atoms with Crippen LogP contribution in [0, 0.1) is 0 Å². The van der Waals surface area contributed by atoms with Gasteiger partial charge in [-0.1, -0.05) is 6.58 Å². The minimum Gasteiger partial charge on any atom is -0.413 e. The molecule has 33 heteroatoms. The summed E-state index contributed by atoms with van der Waals surface area (Å²) >= 11 is 0. The maximum absolute atomic E-state index is 15.1. The smallest absolute Gasteiger partial charge is 0.413 e. The quantitative estimate of drug-likeness (QED) is 0.105. The normalized spacial score (nSPS) is 17.5. The topological polar surface area (TPSA) is 26.3 Å². The molecule has 0 aromatic heterocycles. The van der Waals surface area contributed by atoms with Gasteiger partial charge in [0.15, 0.2) is 0 Å². The van der Waals surface area contributed by atoms with Gasteiger partial charge in [0.2, 0.25) is 0 Å². The highest BCUT2D eigenvalue weighted by atomic mass is 19.4. The summed E-state index contributed by atoms with van der Waals surface area (Å²) in [5, 5.41) is 0. The zero-order chi connectivity index (χ0) is 43.4. The van der Waals surface area contributed by atoms with Gasteiger partial charge in [-0.05, 0) is 6.92 Å². The molecule has 0 aliphatic rings. The number of halogens is 31. The minimum absolute atomic E-state index is 0.370. The Labute approximate surface area is 261 Å². The standard InChI is InChI=1S/C19H5F31O2/c1-3(2)4(51)52-16(41,13(35,36)10(29,30)7(23,24)6(21,22)5(20,17(42,43)44)18(45,46)47)14(37,38)11(31,32)8(25,26)9(27,28)12(33,34)15(39,40)19(48,49)50/h1H2,2H3. The second kappa shape index (κ2) is 12.0. The first-order valence-electron chi connectivity index (χ1n) is 11.1. The van der Waals surface area contributed by atoms with Crippen molar-refractivity contribution in [3.05, 3.63) is 12.2 Å². The van der Waals surface area contributed by atoms with Crippen molar-refractivity contribution in [2.45, 2.75) is 96.2 Å². The third kappa shape index (κ3) is 5.72. The van der Waals surface area contributed by atoms with Gasteiger partial charge in [-0.3, -0.25) is 0 Å². The van der Waals surface area contributed by atoms with Crippen molar-refractivity contribution in [3.8, 4) is 0 Å². The molecule has 0 aliphatic carbocycles. The Hall–Kier alpha value is -2.96. The number of hydrogen-bond acceptors (Lipinski definition) is 2. The lowest BCUT2D eigenvalue weighted by molar-refractivity contribution is -0.500. The molecular weight excluding hydrogens is 849 g/mol. The maximum atomic E-state index is 15.1. The van der Waals surface area contributed by atoms with Crippen molar-refractivity contribution < 1.29 is 146 Å². The van der Waals surface area contributed by atoms with Gasteiger partial charge in [-0.2, -0.15) is 132 Å². The van der Waals surface area contributed by atoms with Crippen LogP contribution in [0.15, 0.2) is 12.2 Å². The maximum Gasteiger partial charge on any atom is 0.460 e. The lowest BCUT2D eigenvalue weighted by Gasteiger charge is -2.48. The van der Waals surface area contributed by atoms with Crippen LogP contribution in [0.25, 0.3) is 0 Å². The monoisotopic (exact) mass is 854 g/mol. The second-order valence-electron chi connectivity index (χ2n) is 9.66. The molecule has 1 atom stereocenters. The zero-order valence-corrected chi connectivity index (χ0v) is 22.7. The van der Waals surface area contributed by atoms with E-state index in [1.54, 1.807) is 4.74 Å². The first-order valence-corrected chi connectivity index (χ1v) is 11.1. The van der Waals surface area contributed by atoms with Crippen molar-refractivity contribution >= 4 is 5.97 Å². The summed E-state index contributed by atoms with van der Waals surface area (Å²) in [6, 6.07) is 0. The number of alkyl halides is 31. The van der Waals surface area contributed by atoms with Crippen molar-refractivity contribution in [2.75, 3.05) is 0 Å². The Morgan fingerprint density at radius 2 is 0.558 bits per heavy atom. The van der Waals surface area contributed by atoms with Crippen LogP contribution in [0.3, 0.4) is 0 Å². The molecule has 1 unspecified atom stereocenters. The highest BCUT2D eigenvalue weighted by molar-refractivity contribution is 5.87. The van der Waals surface area contributed by atoms with Gasteiger partial charge in [0.1, 0.15) is 0 Å². The molecule has 0 saturated heterocycles. The average molecular weight is 854 g/mol. The van der Waals surface area contributed by atoms with Gasteiger partial charge in [0, 0.05) is 5.57 Å². The van der Waals surface area contributed by atoms with E-state index in [1.807, 2.05) is 6.58 Å². The second-order valence-corrected chi connectivity index (χ2v) is 9.66. The van der Waals surface area contributed by atoms with Crippen molar-refractivity contribution in [1.29, 1.82) is 0 Å². The van der Waals surface area contributed by atoms with Crippen LogP contribution >= 0.6 is 0 Å². The van der Waals surface area contributed by atoms with Crippen LogP contribution in [-0.2, 0) is 9.53 Å². The number of carbonyl (C=O) groups excluding carboxylic acids is 1. The molecule has 0 saturated carbocycles. The number of hydrogen-bond donors (Lipinski definition) is 0. The highest BCUT2D eigenvalue weighted by Crippen LogP contribution is 2.70. The number of rotatable bonds is 13. The fraction of sp³-hybridized carbons (Fsp3) is 0.842. The highest BCUT2D eigenvalue weighted by Gasteiger charge is 3.02. The molecule has 0 amide bonds. The van der Waals surface area contributed by atoms with Gasteiger partial charge in [-0.15, -0.1) is 0 Å². The summed E-state index contributed by atoms with van der Waals surface area (Å²) in [5.74, 6) is -111. The first-order chi connectivity index (χ1) is 21.8. The Balaban J connectivity index is 8.42. The summed E-state index contributed by atoms with van der Waals surface area (Å²) in [7, 11) is 0. The van der Waals surface area contributed by atoms with E-state index in [9.17, 15) is 137 Å². The van der Waals surface area contributed by atoms with E-state index >= 15 is 4.39 Å². The van der Waals surface area contributed by atoms with Crippen molar-refractivity contribution in [2.24, 2.45) is 0 Å². The molecule has 0 spiro atoms. The Morgan fingerprint density at radius 3 is 0.769 bits per heavy atom. The third-order valence-electron chi connectivity index (χ3n) is 6.11. The number of esters is 1. The molecule has 0 N–H and O–H groups in total. The molecule has 0 fully saturated rings. The molecule has 2 nitrogen and oxygen atoms in total. The number of carbonyl (C=O) groups is 1. The summed E-state index contributed by atoms with van der Waals surface area (Å²) in [4.78, 5) is 11.3. The van der Waals surface area contributed by atoms with E-state index in [2.05, 4.69) is 0 Å². The molecule has 310 valence electrons. The predicted octanol–water partition coefficient (Wildman–Crippen LogP) is 10.5. The van der Waals surface area contributed by atoms with Crippen LogP contribution in [0.5, 0.6) is 0 Å². The first kappa shape index (κ1) is 49.0. The van der Waals surface area contributed by atoms with Gasteiger partial charge < -0.3 is 4.74 Å². The Kier molecular flexibility index (Phi) is 11.3. The summed E-state index contributed by atoms with van der Waals surface area (Å²) in [6.07, 6.45) is -26.0. The molecule has 52 heavy (non-hydrogen) atoms. The molecule has 0 rings (SSSR count). The molecule has 0 aliphatic heterocycles. The van der Waals surface area contributed by atoms with E-state index in [0.717, 1.165) is 0 Å². The van der Waals surface area contributed by atoms with Crippen LogP contribution in [0.1, 0.15) is 6.92 Å².